The number of benzene rings is 2. The summed E-state index contributed by atoms with van der Waals surface area (Å²) in [5, 5.41) is 2.89. The Kier molecular flexibility index (Phi) is 5.38. The molecular weight excluding hydrogens is 262 g/mol. The fourth-order valence-corrected chi connectivity index (χ4v) is 1.89. The molecule has 3 heteroatoms. The molecule has 0 aliphatic carbocycles. The number of aryl methyl sites for hydroxylation is 2. The number of rotatable bonds is 6. The molecule has 2 aromatic carbocycles. The van der Waals surface area contributed by atoms with E-state index in [1.54, 1.807) is 0 Å². The number of carbonyl (C=O) groups is 1. The van der Waals surface area contributed by atoms with Gasteiger partial charge in [-0.1, -0.05) is 47.5 Å². The van der Waals surface area contributed by atoms with Crippen molar-refractivity contribution < 1.29 is 9.53 Å². The van der Waals surface area contributed by atoms with E-state index in [9.17, 15) is 4.79 Å². The van der Waals surface area contributed by atoms with E-state index in [1.807, 2.05) is 62.4 Å². The van der Waals surface area contributed by atoms with E-state index in [1.165, 1.54) is 11.1 Å². The monoisotopic (exact) mass is 283 g/mol. The minimum atomic E-state index is 0.00249. The van der Waals surface area contributed by atoms with Gasteiger partial charge in [0.15, 0.2) is 0 Å². The number of hydrogen-bond acceptors (Lipinski definition) is 2. The lowest BCUT2D eigenvalue weighted by molar-refractivity contribution is -0.121. The molecule has 0 heterocycles. The maximum Gasteiger partial charge on any atom is 0.223 e. The van der Waals surface area contributed by atoms with Crippen molar-refractivity contribution in [2.45, 2.75) is 26.8 Å². The van der Waals surface area contributed by atoms with Crippen molar-refractivity contribution in [3.63, 3.8) is 0 Å². The molecule has 0 atom stereocenters. The van der Waals surface area contributed by atoms with Crippen molar-refractivity contribution in [2.24, 2.45) is 0 Å². The van der Waals surface area contributed by atoms with Gasteiger partial charge in [0.25, 0.3) is 0 Å². The highest BCUT2D eigenvalue weighted by atomic mass is 16.5. The molecule has 2 rings (SSSR count). The van der Waals surface area contributed by atoms with Crippen molar-refractivity contribution >= 4 is 5.91 Å². The standard InChI is InChI=1S/C18H21NO2/c1-14-3-7-16(8-4-14)13-19-18(20)11-12-21-17-9-5-15(2)6-10-17/h3-10H,11-13H2,1-2H3,(H,19,20). The first-order chi connectivity index (χ1) is 10.1. The summed E-state index contributed by atoms with van der Waals surface area (Å²) in [4.78, 5) is 11.7. The lowest BCUT2D eigenvalue weighted by atomic mass is 10.1. The number of amides is 1. The van der Waals surface area contributed by atoms with Crippen LogP contribution in [0.5, 0.6) is 5.75 Å². The van der Waals surface area contributed by atoms with Crippen LogP contribution in [0.1, 0.15) is 23.1 Å². The molecule has 3 nitrogen and oxygen atoms in total. The van der Waals surface area contributed by atoms with E-state index < -0.39 is 0 Å². The van der Waals surface area contributed by atoms with Gasteiger partial charge in [0.2, 0.25) is 5.91 Å². The van der Waals surface area contributed by atoms with E-state index in [0.717, 1.165) is 11.3 Å². The van der Waals surface area contributed by atoms with Crippen molar-refractivity contribution in [2.75, 3.05) is 6.61 Å². The lowest BCUT2D eigenvalue weighted by Gasteiger charge is -2.08. The molecule has 0 aliphatic heterocycles. The third kappa shape index (κ3) is 5.30. The van der Waals surface area contributed by atoms with Gasteiger partial charge in [0.1, 0.15) is 5.75 Å². The van der Waals surface area contributed by atoms with Crippen LogP contribution in [0.15, 0.2) is 48.5 Å². The zero-order valence-corrected chi connectivity index (χ0v) is 12.6. The molecule has 0 saturated carbocycles. The summed E-state index contributed by atoms with van der Waals surface area (Å²) in [5.41, 5.74) is 3.52. The highest BCUT2D eigenvalue weighted by Gasteiger charge is 2.02. The third-order valence-corrected chi connectivity index (χ3v) is 3.23. The summed E-state index contributed by atoms with van der Waals surface area (Å²) >= 11 is 0. The Morgan fingerprint density at radius 1 is 0.952 bits per heavy atom. The van der Waals surface area contributed by atoms with Crippen LogP contribution in [0, 0.1) is 13.8 Å². The molecule has 1 amide bonds. The van der Waals surface area contributed by atoms with Crippen LogP contribution in [0.25, 0.3) is 0 Å². The molecule has 0 aromatic heterocycles. The largest absolute Gasteiger partial charge is 0.493 e. The second kappa shape index (κ2) is 7.48. The molecule has 110 valence electrons. The van der Waals surface area contributed by atoms with Crippen LogP contribution < -0.4 is 10.1 Å². The van der Waals surface area contributed by atoms with Crippen LogP contribution in [0.2, 0.25) is 0 Å². The zero-order valence-electron chi connectivity index (χ0n) is 12.6. The predicted octanol–water partition coefficient (Wildman–Crippen LogP) is 3.39. The van der Waals surface area contributed by atoms with Gasteiger partial charge in [0, 0.05) is 6.54 Å². The maximum absolute atomic E-state index is 11.7. The van der Waals surface area contributed by atoms with Crippen LogP contribution in [-0.2, 0) is 11.3 Å². The van der Waals surface area contributed by atoms with Gasteiger partial charge in [-0.15, -0.1) is 0 Å². The van der Waals surface area contributed by atoms with Crippen LogP contribution >= 0.6 is 0 Å². The Labute approximate surface area is 126 Å². The van der Waals surface area contributed by atoms with Crippen molar-refractivity contribution in [3.8, 4) is 5.75 Å². The smallest absolute Gasteiger partial charge is 0.223 e. The minimum Gasteiger partial charge on any atom is -0.493 e. The zero-order chi connectivity index (χ0) is 15.1. The highest BCUT2D eigenvalue weighted by molar-refractivity contribution is 5.75. The topological polar surface area (TPSA) is 38.3 Å². The highest BCUT2D eigenvalue weighted by Crippen LogP contribution is 2.11. The van der Waals surface area contributed by atoms with Crippen LogP contribution in [0.4, 0.5) is 0 Å². The Bertz CT molecular complexity index is 573. The van der Waals surface area contributed by atoms with Gasteiger partial charge in [-0.25, -0.2) is 0 Å². The second-order valence-electron chi connectivity index (χ2n) is 5.17. The number of ether oxygens (including phenoxy) is 1. The van der Waals surface area contributed by atoms with Crippen molar-refractivity contribution in [1.29, 1.82) is 0 Å². The van der Waals surface area contributed by atoms with Crippen molar-refractivity contribution in [3.05, 3.63) is 65.2 Å². The Morgan fingerprint density at radius 3 is 2.14 bits per heavy atom. The molecule has 1 N–H and O–H groups in total. The Balaban J connectivity index is 1.67. The van der Waals surface area contributed by atoms with Gasteiger partial charge < -0.3 is 10.1 Å². The van der Waals surface area contributed by atoms with Gasteiger partial charge in [-0.2, -0.15) is 0 Å². The van der Waals surface area contributed by atoms with Crippen LogP contribution in [-0.4, -0.2) is 12.5 Å². The molecule has 0 aliphatic rings. The normalized spacial score (nSPS) is 10.2. The molecule has 21 heavy (non-hydrogen) atoms. The van der Waals surface area contributed by atoms with E-state index in [0.29, 0.717) is 19.6 Å². The second-order valence-corrected chi connectivity index (χ2v) is 5.17. The summed E-state index contributed by atoms with van der Waals surface area (Å²) < 4.78 is 5.54. The average Bonchev–Trinajstić information content (AvgIpc) is 2.49. The predicted molar refractivity (Wildman–Crippen MR) is 84.3 cm³/mol. The van der Waals surface area contributed by atoms with Crippen LogP contribution in [0.3, 0.4) is 0 Å². The molecule has 2 aromatic rings. The lowest BCUT2D eigenvalue weighted by Crippen LogP contribution is -2.24. The van der Waals surface area contributed by atoms with Gasteiger partial charge in [-0.05, 0) is 31.5 Å². The summed E-state index contributed by atoms with van der Waals surface area (Å²) in [6.07, 6.45) is 0.361. The summed E-state index contributed by atoms with van der Waals surface area (Å²) in [7, 11) is 0. The fraction of sp³-hybridized carbons (Fsp3) is 0.278. The maximum atomic E-state index is 11.7. The SMILES string of the molecule is Cc1ccc(CNC(=O)CCOc2ccc(C)cc2)cc1. The molecule has 0 fully saturated rings. The molecule has 0 bridgehead atoms. The first kappa shape index (κ1) is 15.1. The summed E-state index contributed by atoms with van der Waals surface area (Å²) in [6, 6.07) is 16.0. The van der Waals surface area contributed by atoms with E-state index in [4.69, 9.17) is 4.74 Å². The first-order valence-electron chi connectivity index (χ1n) is 7.15. The Morgan fingerprint density at radius 2 is 1.52 bits per heavy atom. The summed E-state index contributed by atoms with van der Waals surface area (Å²) in [5.74, 6) is 0.801. The number of carbonyl (C=O) groups excluding carboxylic acids is 1. The fourth-order valence-electron chi connectivity index (χ4n) is 1.89. The minimum absolute atomic E-state index is 0.00249. The molecule has 0 unspecified atom stereocenters. The van der Waals surface area contributed by atoms with Crippen molar-refractivity contribution in [1.82, 2.24) is 5.32 Å². The molecule has 0 saturated heterocycles. The van der Waals surface area contributed by atoms with E-state index in [-0.39, 0.29) is 5.91 Å². The third-order valence-electron chi connectivity index (χ3n) is 3.23. The van der Waals surface area contributed by atoms with Gasteiger partial charge in [-0.3, -0.25) is 4.79 Å². The van der Waals surface area contributed by atoms with E-state index >= 15 is 0 Å². The van der Waals surface area contributed by atoms with Gasteiger partial charge >= 0.3 is 0 Å². The number of hydrogen-bond donors (Lipinski definition) is 1. The average molecular weight is 283 g/mol. The molecular formula is C18H21NO2. The van der Waals surface area contributed by atoms with E-state index in [2.05, 4.69) is 5.32 Å². The van der Waals surface area contributed by atoms with Gasteiger partial charge in [0.05, 0.1) is 13.0 Å². The Hall–Kier alpha value is -2.29. The molecule has 0 radical (unpaired) electrons. The molecule has 0 spiro atoms. The quantitative estimate of drug-likeness (QED) is 0.882. The summed E-state index contributed by atoms with van der Waals surface area (Å²) in [6.45, 7) is 5.03. The first-order valence-corrected chi connectivity index (χ1v) is 7.15. The number of nitrogens with one attached hydrogen (secondary N) is 1.